The Balaban J connectivity index is 1.66. The number of amides is 1. The molecule has 0 bridgehead atoms. The highest BCUT2D eigenvalue weighted by Crippen LogP contribution is 2.24. The predicted molar refractivity (Wildman–Crippen MR) is 91.7 cm³/mol. The van der Waals surface area contributed by atoms with Crippen LogP contribution in [0.4, 0.5) is 10.1 Å². The van der Waals surface area contributed by atoms with Crippen molar-refractivity contribution in [3.63, 3.8) is 0 Å². The highest BCUT2D eigenvalue weighted by Gasteiger charge is 2.08. The number of ether oxygens (including phenoxy) is 1. The minimum Gasteiger partial charge on any atom is -0.457 e. The Morgan fingerprint density at radius 1 is 0.875 bits per heavy atom. The van der Waals surface area contributed by atoms with E-state index in [9.17, 15) is 9.18 Å². The number of halogens is 1. The van der Waals surface area contributed by atoms with Gasteiger partial charge < -0.3 is 10.1 Å². The third-order valence-electron chi connectivity index (χ3n) is 3.41. The summed E-state index contributed by atoms with van der Waals surface area (Å²) in [6, 6.07) is 22.7. The highest BCUT2D eigenvalue weighted by atomic mass is 19.1. The normalized spacial score (nSPS) is 10.2. The molecule has 24 heavy (non-hydrogen) atoms. The Bertz CT molecular complexity index is 834. The molecule has 3 rings (SSSR count). The molecule has 0 saturated heterocycles. The first-order valence-electron chi connectivity index (χ1n) is 7.57. The Kier molecular flexibility index (Phi) is 4.87. The van der Waals surface area contributed by atoms with E-state index in [2.05, 4.69) is 5.32 Å². The average molecular weight is 321 g/mol. The standard InChI is InChI=1S/C20H16FNO2/c21-19-12-5-4-7-15(19)13-20(23)22-16-8-6-11-18(14-16)24-17-9-2-1-3-10-17/h1-12,14H,13H2,(H,22,23). The smallest absolute Gasteiger partial charge is 0.228 e. The summed E-state index contributed by atoms with van der Waals surface area (Å²) in [5.41, 5.74) is 0.969. The number of carbonyl (C=O) groups excluding carboxylic acids is 1. The van der Waals surface area contributed by atoms with Gasteiger partial charge in [0, 0.05) is 11.8 Å². The number of hydrogen-bond donors (Lipinski definition) is 1. The Hall–Kier alpha value is -3.14. The molecule has 0 saturated carbocycles. The van der Waals surface area contributed by atoms with Gasteiger partial charge in [-0.15, -0.1) is 0 Å². The lowest BCUT2D eigenvalue weighted by Crippen LogP contribution is -2.15. The second-order valence-corrected chi connectivity index (χ2v) is 5.26. The van der Waals surface area contributed by atoms with Crippen LogP contribution in [0.2, 0.25) is 0 Å². The maximum atomic E-state index is 13.6. The zero-order valence-electron chi connectivity index (χ0n) is 12.9. The van der Waals surface area contributed by atoms with Crippen molar-refractivity contribution < 1.29 is 13.9 Å². The van der Waals surface area contributed by atoms with Gasteiger partial charge in [0.15, 0.2) is 0 Å². The molecular weight excluding hydrogens is 305 g/mol. The van der Waals surface area contributed by atoms with Gasteiger partial charge in [-0.3, -0.25) is 4.79 Å². The van der Waals surface area contributed by atoms with Crippen molar-refractivity contribution in [1.29, 1.82) is 0 Å². The van der Waals surface area contributed by atoms with Crippen LogP contribution in [0.3, 0.4) is 0 Å². The Morgan fingerprint density at radius 3 is 2.38 bits per heavy atom. The Labute approximate surface area is 139 Å². The predicted octanol–water partition coefficient (Wildman–Crippen LogP) is 4.80. The van der Waals surface area contributed by atoms with Crippen LogP contribution >= 0.6 is 0 Å². The van der Waals surface area contributed by atoms with Crippen LogP contribution in [0.15, 0.2) is 78.9 Å². The van der Waals surface area contributed by atoms with Crippen molar-refractivity contribution in [1.82, 2.24) is 0 Å². The summed E-state index contributed by atoms with van der Waals surface area (Å²) in [4.78, 5) is 12.1. The second kappa shape index (κ2) is 7.42. The SMILES string of the molecule is O=C(Cc1ccccc1F)Nc1cccc(Oc2ccccc2)c1. The van der Waals surface area contributed by atoms with Gasteiger partial charge in [-0.05, 0) is 35.9 Å². The highest BCUT2D eigenvalue weighted by molar-refractivity contribution is 5.92. The first-order chi connectivity index (χ1) is 11.7. The van der Waals surface area contributed by atoms with Gasteiger partial charge in [-0.1, -0.05) is 42.5 Å². The molecular formula is C20H16FNO2. The van der Waals surface area contributed by atoms with Crippen LogP contribution in [-0.2, 0) is 11.2 Å². The third-order valence-corrected chi connectivity index (χ3v) is 3.41. The van der Waals surface area contributed by atoms with Gasteiger partial charge >= 0.3 is 0 Å². The molecule has 0 radical (unpaired) electrons. The topological polar surface area (TPSA) is 38.3 Å². The minimum absolute atomic E-state index is 0.0174. The van der Waals surface area contributed by atoms with E-state index in [1.165, 1.54) is 6.07 Å². The maximum Gasteiger partial charge on any atom is 0.228 e. The number of rotatable bonds is 5. The van der Waals surface area contributed by atoms with E-state index in [0.717, 1.165) is 0 Å². The van der Waals surface area contributed by atoms with Gasteiger partial charge in [-0.2, -0.15) is 0 Å². The molecule has 0 aliphatic rings. The molecule has 0 heterocycles. The lowest BCUT2D eigenvalue weighted by molar-refractivity contribution is -0.115. The summed E-state index contributed by atoms with van der Waals surface area (Å²) in [6.45, 7) is 0. The van der Waals surface area contributed by atoms with Gasteiger partial charge in [-0.25, -0.2) is 4.39 Å². The van der Waals surface area contributed by atoms with Gasteiger partial charge in [0.1, 0.15) is 17.3 Å². The largest absolute Gasteiger partial charge is 0.457 e. The summed E-state index contributed by atoms with van der Waals surface area (Å²) in [5.74, 6) is 0.669. The van der Waals surface area contributed by atoms with Crippen molar-refractivity contribution in [2.75, 3.05) is 5.32 Å². The monoisotopic (exact) mass is 321 g/mol. The number of hydrogen-bond acceptors (Lipinski definition) is 2. The van der Waals surface area contributed by atoms with E-state index in [-0.39, 0.29) is 18.1 Å². The Morgan fingerprint density at radius 2 is 1.58 bits per heavy atom. The molecule has 0 aliphatic carbocycles. The van der Waals surface area contributed by atoms with E-state index in [4.69, 9.17) is 4.74 Å². The number of anilines is 1. The molecule has 0 fully saturated rings. The van der Waals surface area contributed by atoms with Gasteiger partial charge in [0.25, 0.3) is 0 Å². The van der Waals surface area contributed by atoms with Crippen LogP contribution < -0.4 is 10.1 Å². The maximum absolute atomic E-state index is 13.6. The van der Waals surface area contributed by atoms with Crippen molar-refractivity contribution >= 4 is 11.6 Å². The van der Waals surface area contributed by atoms with Crippen LogP contribution in [0.25, 0.3) is 0 Å². The fourth-order valence-electron chi connectivity index (χ4n) is 2.28. The van der Waals surface area contributed by atoms with E-state index in [1.54, 1.807) is 42.5 Å². The first-order valence-corrected chi connectivity index (χ1v) is 7.57. The summed E-state index contributed by atoms with van der Waals surface area (Å²) in [5, 5.41) is 2.76. The summed E-state index contributed by atoms with van der Waals surface area (Å²) < 4.78 is 19.3. The molecule has 0 aromatic heterocycles. The number of para-hydroxylation sites is 1. The minimum atomic E-state index is -0.381. The average Bonchev–Trinajstić information content (AvgIpc) is 2.58. The molecule has 3 aromatic carbocycles. The molecule has 0 atom stereocenters. The van der Waals surface area contributed by atoms with E-state index in [0.29, 0.717) is 22.7 Å². The molecule has 1 N–H and O–H groups in total. The fraction of sp³-hybridized carbons (Fsp3) is 0.0500. The molecule has 4 heteroatoms. The van der Waals surface area contributed by atoms with Crippen molar-refractivity contribution in [2.24, 2.45) is 0 Å². The molecule has 3 aromatic rings. The molecule has 1 amide bonds. The quantitative estimate of drug-likeness (QED) is 0.733. The zero-order chi connectivity index (χ0) is 16.8. The number of nitrogens with one attached hydrogen (secondary N) is 1. The molecule has 0 aliphatic heterocycles. The molecule has 0 spiro atoms. The van der Waals surface area contributed by atoms with Crippen molar-refractivity contribution in [2.45, 2.75) is 6.42 Å². The van der Waals surface area contributed by atoms with Crippen molar-refractivity contribution in [3.05, 3.63) is 90.2 Å². The van der Waals surface area contributed by atoms with Crippen LogP contribution in [0.1, 0.15) is 5.56 Å². The molecule has 120 valence electrons. The lowest BCUT2D eigenvalue weighted by Gasteiger charge is -2.09. The number of benzene rings is 3. The van der Waals surface area contributed by atoms with Crippen molar-refractivity contribution in [3.8, 4) is 11.5 Å². The van der Waals surface area contributed by atoms with E-state index >= 15 is 0 Å². The lowest BCUT2D eigenvalue weighted by atomic mass is 10.1. The summed E-state index contributed by atoms with van der Waals surface area (Å²) >= 11 is 0. The third kappa shape index (κ3) is 4.20. The fourth-order valence-corrected chi connectivity index (χ4v) is 2.28. The van der Waals surface area contributed by atoms with E-state index < -0.39 is 0 Å². The van der Waals surface area contributed by atoms with Gasteiger partial charge in [0.2, 0.25) is 5.91 Å². The van der Waals surface area contributed by atoms with Gasteiger partial charge in [0.05, 0.1) is 6.42 Å². The first kappa shape index (κ1) is 15.7. The molecule has 3 nitrogen and oxygen atoms in total. The number of carbonyl (C=O) groups is 1. The van der Waals surface area contributed by atoms with Crippen LogP contribution in [-0.4, -0.2) is 5.91 Å². The van der Waals surface area contributed by atoms with E-state index in [1.807, 2.05) is 30.3 Å². The zero-order valence-corrected chi connectivity index (χ0v) is 12.9. The second-order valence-electron chi connectivity index (χ2n) is 5.26. The summed E-state index contributed by atoms with van der Waals surface area (Å²) in [7, 11) is 0. The summed E-state index contributed by atoms with van der Waals surface area (Å²) in [6.07, 6.45) is -0.0174. The molecule has 0 unspecified atom stereocenters. The van der Waals surface area contributed by atoms with Crippen LogP contribution in [0.5, 0.6) is 11.5 Å². The van der Waals surface area contributed by atoms with Crippen LogP contribution in [0, 0.1) is 5.82 Å².